The fourth-order valence-corrected chi connectivity index (χ4v) is 3.73. The molecule has 146 valence electrons. The highest BCUT2D eigenvalue weighted by atomic mass is 35.5. The first-order chi connectivity index (χ1) is 14.1. The molecule has 0 bridgehead atoms. The third-order valence-corrected chi connectivity index (χ3v) is 5.65. The van der Waals surface area contributed by atoms with Crippen molar-refractivity contribution in [3.8, 4) is 5.69 Å². The Morgan fingerprint density at radius 1 is 1.00 bits per heavy atom. The zero-order valence-corrected chi connectivity index (χ0v) is 17.2. The average molecular weight is 405 g/mol. The largest absolute Gasteiger partial charge is 0.334 e. The predicted molar refractivity (Wildman–Crippen MR) is 118 cm³/mol. The number of quaternary nitrogens is 1. The minimum absolute atomic E-state index is 0.0223. The molecule has 4 aromatic rings. The molecule has 0 aliphatic carbocycles. The molecular formula is C24H23ClN3O+. The van der Waals surface area contributed by atoms with Gasteiger partial charge < -0.3 is 5.32 Å². The molecule has 0 spiro atoms. The van der Waals surface area contributed by atoms with E-state index in [1.807, 2.05) is 67.6 Å². The second-order valence-corrected chi connectivity index (χ2v) is 7.63. The van der Waals surface area contributed by atoms with Crippen molar-refractivity contribution in [1.82, 2.24) is 9.55 Å². The zero-order valence-electron chi connectivity index (χ0n) is 16.5. The second-order valence-electron chi connectivity index (χ2n) is 7.23. The summed E-state index contributed by atoms with van der Waals surface area (Å²) in [6, 6.07) is 23.4. The Kier molecular flexibility index (Phi) is 5.47. The lowest BCUT2D eigenvalue weighted by Gasteiger charge is -2.19. The number of benzene rings is 3. The first-order valence-corrected chi connectivity index (χ1v) is 10.1. The lowest BCUT2D eigenvalue weighted by Crippen LogP contribution is -2.83. The Balaban J connectivity index is 1.85. The van der Waals surface area contributed by atoms with Crippen LogP contribution in [0.15, 0.2) is 77.6 Å². The quantitative estimate of drug-likeness (QED) is 0.542. The molecular weight excluding hydrogens is 382 g/mol. The molecule has 0 unspecified atom stereocenters. The second kappa shape index (κ2) is 8.19. The smallest absolute Gasteiger partial charge is 0.266 e. The molecule has 1 aromatic heterocycles. The van der Waals surface area contributed by atoms with Gasteiger partial charge in [-0.2, -0.15) is 0 Å². The maximum Gasteiger partial charge on any atom is 0.266 e. The average Bonchev–Trinajstić information content (AvgIpc) is 2.75. The highest BCUT2D eigenvalue weighted by Gasteiger charge is 2.21. The van der Waals surface area contributed by atoms with E-state index in [1.54, 1.807) is 4.57 Å². The van der Waals surface area contributed by atoms with Crippen LogP contribution in [0.4, 0.5) is 0 Å². The first kappa shape index (κ1) is 19.4. The van der Waals surface area contributed by atoms with E-state index < -0.39 is 0 Å². The van der Waals surface area contributed by atoms with Gasteiger partial charge >= 0.3 is 0 Å². The maximum atomic E-state index is 13.5. The van der Waals surface area contributed by atoms with E-state index in [0.717, 1.165) is 23.6 Å². The Morgan fingerprint density at radius 2 is 1.72 bits per heavy atom. The van der Waals surface area contributed by atoms with Crippen molar-refractivity contribution in [2.24, 2.45) is 0 Å². The van der Waals surface area contributed by atoms with Crippen LogP contribution >= 0.6 is 11.6 Å². The summed E-state index contributed by atoms with van der Waals surface area (Å²) in [5, 5.41) is 3.43. The summed E-state index contributed by atoms with van der Waals surface area (Å²) >= 11 is 6.36. The molecule has 2 N–H and O–H groups in total. The van der Waals surface area contributed by atoms with E-state index in [-0.39, 0.29) is 11.6 Å². The van der Waals surface area contributed by atoms with Crippen LogP contribution in [0.25, 0.3) is 16.6 Å². The maximum absolute atomic E-state index is 13.5. The van der Waals surface area contributed by atoms with Crippen molar-refractivity contribution in [3.63, 3.8) is 0 Å². The number of hydrogen-bond acceptors (Lipinski definition) is 2. The van der Waals surface area contributed by atoms with Gasteiger partial charge in [-0.15, -0.1) is 0 Å². The molecule has 29 heavy (non-hydrogen) atoms. The number of nitrogens with zero attached hydrogens (tertiary/aromatic N) is 2. The van der Waals surface area contributed by atoms with Gasteiger partial charge in [0.05, 0.1) is 16.6 Å². The number of fused-ring (bicyclic) bond motifs is 1. The van der Waals surface area contributed by atoms with Gasteiger partial charge in [0.2, 0.25) is 0 Å². The normalized spacial score (nSPS) is 12.2. The molecule has 0 amide bonds. The topological polar surface area (TPSA) is 51.5 Å². The third kappa shape index (κ3) is 3.82. The van der Waals surface area contributed by atoms with E-state index in [9.17, 15) is 4.79 Å². The van der Waals surface area contributed by atoms with Crippen LogP contribution in [-0.2, 0) is 6.54 Å². The van der Waals surface area contributed by atoms with E-state index in [4.69, 9.17) is 16.6 Å². The van der Waals surface area contributed by atoms with Crippen molar-refractivity contribution < 1.29 is 5.32 Å². The number of rotatable bonds is 5. The molecule has 4 rings (SSSR count). The Labute approximate surface area is 174 Å². The molecule has 3 aromatic carbocycles. The summed E-state index contributed by atoms with van der Waals surface area (Å²) in [5.41, 5.74) is 3.51. The van der Waals surface area contributed by atoms with Crippen molar-refractivity contribution in [1.29, 1.82) is 0 Å². The summed E-state index contributed by atoms with van der Waals surface area (Å²) in [5.74, 6) is 0.718. The zero-order chi connectivity index (χ0) is 20.4. The van der Waals surface area contributed by atoms with Crippen LogP contribution in [0.1, 0.15) is 29.9 Å². The third-order valence-electron chi connectivity index (χ3n) is 5.24. The lowest BCUT2D eigenvalue weighted by atomic mass is 10.1. The van der Waals surface area contributed by atoms with Gasteiger partial charge in [-0.1, -0.05) is 60.1 Å². The molecule has 1 heterocycles. The van der Waals surface area contributed by atoms with Crippen molar-refractivity contribution in [2.45, 2.75) is 26.4 Å². The minimum Gasteiger partial charge on any atom is -0.334 e. The summed E-state index contributed by atoms with van der Waals surface area (Å²) in [6.07, 6.45) is 0. The van der Waals surface area contributed by atoms with E-state index in [2.05, 4.69) is 24.4 Å². The van der Waals surface area contributed by atoms with Gasteiger partial charge in [0.25, 0.3) is 5.56 Å². The SMILES string of the molecule is Cc1c(Cl)cccc1-n1c([C@@H](C)[NH2+]Cc2ccccc2)nc2ccccc2c1=O. The molecule has 1 atom stereocenters. The highest BCUT2D eigenvalue weighted by Crippen LogP contribution is 2.24. The van der Waals surface area contributed by atoms with Gasteiger partial charge in [-0.05, 0) is 43.7 Å². The number of nitrogens with two attached hydrogens (primary N) is 1. The van der Waals surface area contributed by atoms with Crippen molar-refractivity contribution in [3.05, 3.63) is 105 Å². The number of aromatic nitrogens is 2. The standard InChI is InChI=1S/C24H22ClN3O/c1-16-20(25)12-8-14-22(16)28-23(17(2)26-15-18-9-4-3-5-10-18)27-21-13-7-6-11-19(21)24(28)29/h3-14,17,26H,15H2,1-2H3/p+1/t17-/m1/s1. The van der Waals surface area contributed by atoms with Crippen molar-refractivity contribution in [2.75, 3.05) is 0 Å². The van der Waals surface area contributed by atoms with Crippen LogP contribution in [0.2, 0.25) is 5.02 Å². The molecule has 0 fully saturated rings. The number of hydrogen-bond donors (Lipinski definition) is 1. The first-order valence-electron chi connectivity index (χ1n) is 9.70. The van der Waals surface area contributed by atoms with Gasteiger partial charge in [-0.25, -0.2) is 4.98 Å². The number of para-hydroxylation sites is 1. The van der Waals surface area contributed by atoms with E-state index >= 15 is 0 Å². The summed E-state index contributed by atoms with van der Waals surface area (Å²) in [4.78, 5) is 18.3. The monoisotopic (exact) mass is 404 g/mol. The number of halogens is 1. The summed E-state index contributed by atoms with van der Waals surface area (Å²) in [7, 11) is 0. The highest BCUT2D eigenvalue weighted by molar-refractivity contribution is 6.31. The Hall–Kier alpha value is -2.95. The van der Waals surface area contributed by atoms with Crippen LogP contribution in [0.3, 0.4) is 0 Å². The minimum atomic E-state index is -0.0732. The van der Waals surface area contributed by atoms with Crippen LogP contribution in [-0.4, -0.2) is 9.55 Å². The van der Waals surface area contributed by atoms with Gasteiger partial charge in [0.1, 0.15) is 12.6 Å². The van der Waals surface area contributed by atoms with Crippen molar-refractivity contribution >= 4 is 22.5 Å². The molecule has 0 aliphatic heterocycles. The van der Waals surface area contributed by atoms with Crippen LogP contribution in [0, 0.1) is 6.92 Å². The van der Waals surface area contributed by atoms with Crippen LogP contribution < -0.4 is 10.9 Å². The Morgan fingerprint density at radius 3 is 2.52 bits per heavy atom. The summed E-state index contributed by atoms with van der Waals surface area (Å²) in [6.45, 7) is 4.82. The fraction of sp³-hybridized carbons (Fsp3) is 0.167. The predicted octanol–water partition coefficient (Wildman–Crippen LogP) is 4.17. The fourth-order valence-electron chi connectivity index (χ4n) is 3.56. The summed E-state index contributed by atoms with van der Waals surface area (Å²) < 4.78 is 1.72. The molecule has 0 saturated heterocycles. The Bertz CT molecular complexity index is 1220. The molecule has 0 saturated carbocycles. The molecule has 0 radical (unpaired) electrons. The van der Waals surface area contributed by atoms with Gasteiger partial charge in [0, 0.05) is 10.6 Å². The van der Waals surface area contributed by atoms with Crippen LogP contribution in [0.5, 0.6) is 0 Å². The lowest BCUT2D eigenvalue weighted by molar-refractivity contribution is -0.709. The van der Waals surface area contributed by atoms with E-state index in [1.165, 1.54) is 5.56 Å². The van der Waals surface area contributed by atoms with Gasteiger partial charge in [0.15, 0.2) is 5.82 Å². The van der Waals surface area contributed by atoms with E-state index in [0.29, 0.717) is 15.9 Å². The molecule has 5 heteroatoms. The molecule has 0 aliphatic rings. The molecule has 4 nitrogen and oxygen atoms in total. The van der Waals surface area contributed by atoms with Gasteiger partial charge in [-0.3, -0.25) is 9.36 Å².